The van der Waals surface area contributed by atoms with Gasteiger partial charge in [-0.15, -0.1) is 0 Å². The number of rotatable bonds is 4. The van der Waals surface area contributed by atoms with Crippen LogP contribution >= 0.6 is 11.6 Å². The Morgan fingerprint density at radius 3 is 2.72 bits per heavy atom. The van der Waals surface area contributed by atoms with E-state index in [-0.39, 0.29) is 12.3 Å². The van der Waals surface area contributed by atoms with Gasteiger partial charge in [0, 0.05) is 0 Å². The first-order chi connectivity index (χ1) is 12.0. The molecule has 2 aromatic rings. The van der Waals surface area contributed by atoms with Crippen molar-refractivity contribution in [2.45, 2.75) is 44.1 Å². The second-order valence-corrected chi connectivity index (χ2v) is 7.10. The van der Waals surface area contributed by atoms with Gasteiger partial charge < -0.3 is 5.11 Å². The minimum Gasteiger partial charge on any atom is -0.389 e. The first-order valence-corrected chi connectivity index (χ1v) is 8.88. The molecule has 6 nitrogen and oxygen atoms in total. The van der Waals surface area contributed by atoms with E-state index >= 15 is 0 Å². The minimum atomic E-state index is -0.906. The van der Waals surface area contributed by atoms with Crippen LogP contribution in [0.25, 0.3) is 16.9 Å². The fourth-order valence-corrected chi connectivity index (χ4v) is 3.59. The Hall–Kier alpha value is -2.18. The van der Waals surface area contributed by atoms with Gasteiger partial charge in [-0.25, -0.2) is 9.97 Å². The highest BCUT2D eigenvalue weighted by Crippen LogP contribution is 2.32. The average Bonchev–Trinajstić information content (AvgIpc) is 2.83. The summed E-state index contributed by atoms with van der Waals surface area (Å²) in [4.78, 5) is 21.3. The van der Waals surface area contributed by atoms with Gasteiger partial charge in [0.15, 0.2) is 5.65 Å². The number of amides is 1. The van der Waals surface area contributed by atoms with Gasteiger partial charge in [-0.1, -0.05) is 36.9 Å². The third kappa shape index (κ3) is 3.19. The van der Waals surface area contributed by atoms with Gasteiger partial charge in [-0.3, -0.25) is 14.7 Å². The number of imidazole rings is 1. The number of hydrogen-bond donors (Lipinski definition) is 2. The number of pyridine rings is 1. The number of halogens is 1. The zero-order valence-corrected chi connectivity index (χ0v) is 14.5. The van der Waals surface area contributed by atoms with Crippen LogP contribution in [0.2, 0.25) is 5.15 Å². The molecule has 0 saturated heterocycles. The molecule has 0 aromatic carbocycles. The van der Waals surface area contributed by atoms with E-state index in [9.17, 15) is 9.90 Å². The first kappa shape index (κ1) is 16.3. The van der Waals surface area contributed by atoms with Crippen molar-refractivity contribution in [1.29, 1.82) is 0 Å². The highest BCUT2D eigenvalue weighted by atomic mass is 35.5. The predicted molar refractivity (Wildman–Crippen MR) is 97.2 cm³/mol. The Morgan fingerprint density at radius 2 is 2.04 bits per heavy atom. The molecule has 2 N–H and O–H groups in total. The van der Waals surface area contributed by atoms with Crippen molar-refractivity contribution in [3.8, 4) is 0 Å². The van der Waals surface area contributed by atoms with E-state index < -0.39 is 5.60 Å². The lowest BCUT2D eigenvalue weighted by molar-refractivity contribution is -0.122. The smallest absolute Gasteiger partial charge is 0.229 e. The third-order valence-electron chi connectivity index (χ3n) is 4.79. The lowest BCUT2D eigenvalue weighted by atomic mass is 9.82. The molecule has 1 amide bonds. The Morgan fingerprint density at radius 1 is 1.28 bits per heavy atom. The van der Waals surface area contributed by atoms with Crippen LogP contribution in [0.5, 0.6) is 0 Å². The monoisotopic (exact) mass is 358 g/mol. The summed E-state index contributed by atoms with van der Waals surface area (Å²) >= 11 is 6.01. The van der Waals surface area contributed by atoms with Crippen molar-refractivity contribution in [2.75, 3.05) is 5.32 Å². The van der Waals surface area contributed by atoms with Crippen LogP contribution in [0.1, 0.15) is 38.5 Å². The number of aliphatic hydroxyl groups is 1. The highest BCUT2D eigenvalue weighted by Gasteiger charge is 2.32. The van der Waals surface area contributed by atoms with E-state index in [1.165, 1.54) is 0 Å². The molecule has 0 aliphatic heterocycles. The van der Waals surface area contributed by atoms with Crippen LogP contribution in [-0.2, 0) is 4.79 Å². The summed E-state index contributed by atoms with van der Waals surface area (Å²) in [5.41, 5.74) is 1.21. The first-order valence-electron chi connectivity index (χ1n) is 8.50. The molecule has 0 unspecified atom stereocenters. The van der Waals surface area contributed by atoms with Gasteiger partial charge in [-0.2, -0.15) is 0 Å². The Bertz CT molecular complexity index is 894. The quantitative estimate of drug-likeness (QED) is 0.819. The standard InChI is InChI=1S/C18H19ClN4O2/c19-14-8-7-13-16(21-14)23(12-5-4-6-12)17(20-13)22-15(24)11-18(25)9-2-1-3-10-18/h4-8,25H,1-3,9-11H2,(H,20,22,24). The zero-order valence-electron chi connectivity index (χ0n) is 13.7. The number of aromatic nitrogens is 3. The van der Waals surface area contributed by atoms with Crippen LogP contribution in [-0.4, -0.2) is 31.1 Å². The highest BCUT2D eigenvalue weighted by molar-refractivity contribution is 6.29. The molecule has 0 radical (unpaired) electrons. The Kier molecular flexibility index (Phi) is 4.09. The summed E-state index contributed by atoms with van der Waals surface area (Å²) in [7, 11) is 0. The maximum absolute atomic E-state index is 12.5. The van der Waals surface area contributed by atoms with Gasteiger partial charge in [0.05, 0.1) is 17.7 Å². The predicted octanol–water partition coefficient (Wildman–Crippen LogP) is 3.52. The maximum atomic E-state index is 12.5. The lowest BCUT2D eigenvalue weighted by Crippen LogP contribution is -2.36. The molecule has 2 heterocycles. The fraction of sp³-hybridized carbons (Fsp3) is 0.389. The van der Waals surface area contributed by atoms with Crippen LogP contribution in [0, 0.1) is 0 Å². The third-order valence-corrected chi connectivity index (χ3v) is 5.00. The van der Waals surface area contributed by atoms with Crippen LogP contribution in [0.15, 0.2) is 30.4 Å². The van der Waals surface area contributed by atoms with Crippen LogP contribution in [0.3, 0.4) is 0 Å². The van der Waals surface area contributed by atoms with Crippen molar-refractivity contribution < 1.29 is 9.90 Å². The summed E-state index contributed by atoms with van der Waals surface area (Å²) in [5.74, 6) is 0.153. The number of fused-ring (bicyclic) bond motifs is 1. The molecule has 4 rings (SSSR count). The topological polar surface area (TPSA) is 80.0 Å². The van der Waals surface area contributed by atoms with Gasteiger partial charge in [0.25, 0.3) is 0 Å². The number of anilines is 1. The minimum absolute atomic E-state index is 0.0826. The maximum Gasteiger partial charge on any atom is 0.229 e. The second-order valence-electron chi connectivity index (χ2n) is 6.71. The molecule has 0 bridgehead atoms. The van der Waals surface area contributed by atoms with E-state index in [4.69, 9.17) is 11.6 Å². The van der Waals surface area contributed by atoms with Crippen LogP contribution < -0.4 is 5.32 Å². The van der Waals surface area contributed by atoms with Crippen molar-refractivity contribution in [3.63, 3.8) is 0 Å². The summed E-state index contributed by atoms with van der Waals surface area (Å²) in [6.45, 7) is 0. The zero-order chi connectivity index (χ0) is 17.4. The van der Waals surface area contributed by atoms with Crippen LogP contribution in [0.4, 0.5) is 5.95 Å². The Labute approximate surface area is 150 Å². The normalized spacial score (nSPS) is 18.7. The van der Waals surface area contributed by atoms with Crippen molar-refractivity contribution in [1.82, 2.24) is 14.5 Å². The number of hydrogen-bond acceptors (Lipinski definition) is 4. The molecule has 7 heteroatoms. The lowest BCUT2D eigenvalue weighted by Gasteiger charge is -2.31. The van der Waals surface area contributed by atoms with E-state index in [1.54, 1.807) is 16.7 Å². The molecule has 1 fully saturated rings. The largest absolute Gasteiger partial charge is 0.389 e. The summed E-state index contributed by atoms with van der Waals surface area (Å²) in [5, 5.41) is 13.8. The molecule has 25 heavy (non-hydrogen) atoms. The summed E-state index contributed by atoms with van der Waals surface area (Å²) in [6, 6.07) is 3.44. The van der Waals surface area contributed by atoms with Crippen molar-refractivity contribution >= 4 is 40.3 Å². The van der Waals surface area contributed by atoms with E-state index in [0.29, 0.717) is 35.1 Å². The molecular formula is C18H19ClN4O2. The van der Waals surface area contributed by atoms with Gasteiger partial charge in [0.1, 0.15) is 10.7 Å². The number of nitrogens with zero attached hydrogens (tertiary/aromatic N) is 3. The molecule has 0 spiro atoms. The van der Waals surface area contributed by atoms with E-state index in [0.717, 1.165) is 25.0 Å². The molecule has 2 aliphatic carbocycles. The van der Waals surface area contributed by atoms with Gasteiger partial charge >= 0.3 is 0 Å². The molecule has 1 saturated carbocycles. The molecule has 2 aliphatic rings. The fourth-order valence-electron chi connectivity index (χ4n) is 3.45. The number of carbonyl (C=O) groups is 1. The molecule has 0 atom stereocenters. The van der Waals surface area contributed by atoms with Gasteiger partial charge in [-0.05, 0) is 37.1 Å². The molecular weight excluding hydrogens is 340 g/mol. The molecule has 130 valence electrons. The Balaban J connectivity index is 1.61. The van der Waals surface area contributed by atoms with Crippen molar-refractivity contribution in [2.24, 2.45) is 0 Å². The van der Waals surface area contributed by atoms with E-state index in [1.807, 2.05) is 18.2 Å². The number of allylic oxidation sites excluding steroid dienone is 4. The SMILES string of the molecule is O=C(CC1(O)CCCCC1)Nc1nc2ccc(Cl)nc2n1C1=CC=C1. The summed E-state index contributed by atoms with van der Waals surface area (Å²) in [6.07, 6.45) is 10.2. The summed E-state index contributed by atoms with van der Waals surface area (Å²) < 4.78 is 1.77. The van der Waals surface area contributed by atoms with Crippen molar-refractivity contribution in [3.05, 3.63) is 35.5 Å². The molecule has 2 aromatic heterocycles. The average molecular weight is 359 g/mol. The van der Waals surface area contributed by atoms with E-state index in [2.05, 4.69) is 15.3 Å². The number of carbonyl (C=O) groups excluding carboxylic acids is 1. The number of nitrogens with one attached hydrogen (secondary N) is 1. The van der Waals surface area contributed by atoms with Gasteiger partial charge in [0.2, 0.25) is 11.9 Å². The second kappa shape index (κ2) is 6.28.